The number of para-hydroxylation sites is 1. The van der Waals surface area contributed by atoms with Crippen molar-refractivity contribution in [1.29, 1.82) is 0 Å². The number of carbonyl (C=O) groups is 1. The molecule has 2 amide bonds. The molecule has 25 heavy (non-hydrogen) atoms. The summed E-state index contributed by atoms with van der Waals surface area (Å²) in [5.74, 6) is 1.41. The molecular formula is C18H24N4O3. The molecule has 2 N–H and O–H groups in total. The number of methoxy groups -OCH3 is 1. The molecule has 3 rings (SSSR count). The molecule has 1 heterocycles. The number of hydrogen-bond acceptors (Lipinski definition) is 4. The molecule has 1 saturated carbocycles. The molecule has 7 heteroatoms. The van der Waals surface area contributed by atoms with E-state index in [0.717, 1.165) is 24.2 Å². The fourth-order valence-electron chi connectivity index (χ4n) is 2.99. The van der Waals surface area contributed by atoms with Crippen LogP contribution in [0.3, 0.4) is 0 Å². The van der Waals surface area contributed by atoms with Gasteiger partial charge in [0.2, 0.25) is 0 Å². The molecule has 0 saturated heterocycles. The second-order valence-electron chi connectivity index (χ2n) is 6.17. The van der Waals surface area contributed by atoms with Crippen LogP contribution >= 0.6 is 0 Å². The fraction of sp³-hybridized carbons (Fsp3) is 0.444. The fourth-order valence-corrected chi connectivity index (χ4v) is 2.99. The van der Waals surface area contributed by atoms with Gasteiger partial charge >= 0.3 is 6.03 Å². The van der Waals surface area contributed by atoms with Gasteiger partial charge in [0.1, 0.15) is 17.6 Å². The maximum absolute atomic E-state index is 12.8. The van der Waals surface area contributed by atoms with E-state index >= 15 is 0 Å². The van der Waals surface area contributed by atoms with Gasteiger partial charge < -0.3 is 24.6 Å². The highest BCUT2D eigenvalue weighted by Crippen LogP contribution is 2.31. The van der Waals surface area contributed by atoms with E-state index in [-0.39, 0.29) is 18.7 Å². The lowest BCUT2D eigenvalue weighted by atomic mass is 10.0. The van der Waals surface area contributed by atoms with Crippen molar-refractivity contribution in [2.24, 2.45) is 7.05 Å². The minimum Gasteiger partial charge on any atom is -0.496 e. The third kappa shape index (κ3) is 3.76. The van der Waals surface area contributed by atoms with Crippen LogP contribution in [0, 0.1) is 0 Å². The third-order valence-electron chi connectivity index (χ3n) is 4.42. The first-order valence-electron chi connectivity index (χ1n) is 8.43. The molecule has 0 radical (unpaired) electrons. The van der Waals surface area contributed by atoms with Gasteiger partial charge in [0.05, 0.1) is 13.7 Å². The number of rotatable bonds is 7. The van der Waals surface area contributed by atoms with Crippen molar-refractivity contribution in [3.05, 3.63) is 48.0 Å². The van der Waals surface area contributed by atoms with Gasteiger partial charge in [-0.25, -0.2) is 9.78 Å². The van der Waals surface area contributed by atoms with Gasteiger partial charge in [0.15, 0.2) is 0 Å². The van der Waals surface area contributed by atoms with Crippen molar-refractivity contribution in [2.75, 3.05) is 20.3 Å². The predicted molar refractivity (Wildman–Crippen MR) is 93.4 cm³/mol. The molecule has 1 fully saturated rings. The van der Waals surface area contributed by atoms with Crippen molar-refractivity contribution in [3.63, 3.8) is 0 Å². The Morgan fingerprint density at radius 3 is 2.84 bits per heavy atom. The zero-order valence-electron chi connectivity index (χ0n) is 14.6. The highest BCUT2D eigenvalue weighted by Gasteiger charge is 2.34. The Morgan fingerprint density at radius 2 is 2.24 bits per heavy atom. The lowest BCUT2D eigenvalue weighted by Crippen LogP contribution is -2.45. The summed E-state index contributed by atoms with van der Waals surface area (Å²) in [6, 6.07) is 7.16. The van der Waals surface area contributed by atoms with Crippen LogP contribution in [0.1, 0.15) is 30.3 Å². The van der Waals surface area contributed by atoms with Crippen LogP contribution in [0.4, 0.5) is 4.79 Å². The van der Waals surface area contributed by atoms with E-state index in [4.69, 9.17) is 4.74 Å². The van der Waals surface area contributed by atoms with Crippen LogP contribution in [0.25, 0.3) is 0 Å². The number of aliphatic hydroxyl groups is 1. The lowest BCUT2D eigenvalue weighted by molar-refractivity contribution is 0.171. The summed E-state index contributed by atoms with van der Waals surface area (Å²) >= 11 is 0. The Hall–Kier alpha value is -2.54. The number of urea groups is 1. The standard InChI is InChI=1S/C18H24N4O3/c1-21-10-9-19-17(21)16(14-5-3-4-6-15(14)25-2)20-18(24)22(11-12-23)13-7-8-13/h3-6,9-10,13,16,23H,7-8,11-12H2,1-2H3,(H,20,24)/t16-/m0/s1. The van der Waals surface area contributed by atoms with Crippen molar-refractivity contribution >= 4 is 6.03 Å². The topological polar surface area (TPSA) is 79.6 Å². The second kappa shape index (κ2) is 7.57. The molecule has 0 aliphatic heterocycles. The Bertz CT molecular complexity index is 727. The van der Waals surface area contributed by atoms with Crippen molar-refractivity contribution in [1.82, 2.24) is 19.8 Å². The van der Waals surface area contributed by atoms with E-state index in [1.54, 1.807) is 18.2 Å². The number of hydrogen-bond donors (Lipinski definition) is 2. The van der Waals surface area contributed by atoms with E-state index in [1.807, 2.05) is 42.1 Å². The molecular weight excluding hydrogens is 320 g/mol. The number of aryl methyl sites for hydroxylation is 1. The average molecular weight is 344 g/mol. The number of carbonyl (C=O) groups excluding carboxylic acids is 1. The zero-order chi connectivity index (χ0) is 17.8. The molecule has 0 spiro atoms. The number of nitrogens with one attached hydrogen (secondary N) is 1. The summed E-state index contributed by atoms with van der Waals surface area (Å²) in [7, 11) is 3.50. The van der Waals surface area contributed by atoms with Gasteiger partial charge in [0.25, 0.3) is 0 Å². The molecule has 1 atom stereocenters. The Morgan fingerprint density at radius 1 is 1.48 bits per heavy atom. The van der Waals surface area contributed by atoms with E-state index in [9.17, 15) is 9.90 Å². The number of ether oxygens (including phenoxy) is 1. The number of benzene rings is 1. The van der Waals surface area contributed by atoms with Crippen LogP contribution in [0.2, 0.25) is 0 Å². The van der Waals surface area contributed by atoms with E-state index in [2.05, 4.69) is 10.3 Å². The van der Waals surface area contributed by atoms with E-state index in [1.165, 1.54) is 0 Å². The molecule has 0 unspecified atom stereocenters. The van der Waals surface area contributed by atoms with Crippen molar-refractivity contribution in [2.45, 2.75) is 24.9 Å². The summed E-state index contributed by atoms with van der Waals surface area (Å²) in [5.41, 5.74) is 0.840. The molecule has 1 aliphatic carbocycles. The summed E-state index contributed by atoms with van der Waals surface area (Å²) in [6.45, 7) is 0.279. The lowest BCUT2D eigenvalue weighted by Gasteiger charge is -2.27. The van der Waals surface area contributed by atoms with Crippen LogP contribution in [0.5, 0.6) is 5.75 Å². The molecule has 1 aromatic heterocycles. The van der Waals surface area contributed by atoms with Gasteiger partial charge in [-0.05, 0) is 18.9 Å². The van der Waals surface area contributed by atoms with Crippen LogP contribution in [-0.4, -0.2) is 51.9 Å². The van der Waals surface area contributed by atoms with Crippen LogP contribution in [0.15, 0.2) is 36.7 Å². The number of amides is 2. The largest absolute Gasteiger partial charge is 0.496 e. The van der Waals surface area contributed by atoms with Gasteiger partial charge in [-0.1, -0.05) is 18.2 Å². The highest BCUT2D eigenvalue weighted by molar-refractivity contribution is 5.76. The van der Waals surface area contributed by atoms with E-state index in [0.29, 0.717) is 12.3 Å². The minimum atomic E-state index is -0.441. The number of aromatic nitrogens is 2. The van der Waals surface area contributed by atoms with Gasteiger partial charge in [-0.2, -0.15) is 0 Å². The van der Waals surface area contributed by atoms with Crippen LogP contribution in [-0.2, 0) is 7.05 Å². The molecule has 134 valence electrons. The smallest absolute Gasteiger partial charge is 0.318 e. The van der Waals surface area contributed by atoms with Gasteiger partial charge in [-0.15, -0.1) is 0 Å². The maximum Gasteiger partial charge on any atom is 0.318 e. The number of nitrogens with zero attached hydrogens (tertiary/aromatic N) is 3. The quantitative estimate of drug-likeness (QED) is 0.801. The van der Waals surface area contributed by atoms with E-state index < -0.39 is 6.04 Å². The molecule has 2 aromatic rings. The average Bonchev–Trinajstić information content (AvgIpc) is 3.38. The number of imidazole rings is 1. The SMILES string of the molecule is COc1ccccc1[C@H](NC(=O)N(CCO)C1CC1)c1nccn1C. The zero-order valence-corrected chi connectivity index (χ0v) is 14.6. The maximum atomic E-state index is 12.8. The molecule has 7 nitrogen and oxygen atoms in total. The molecule has 1 aromatic carbocycles. The third-order valence-corrected chi connectivity index (χ3v) is 4.42. The highest BCUT2D eigenvalue weighted by atomic mass is 16.5. The first-order chi connectivity index (χ1) is 12.2. The Balaban J connectivity index is 1.92. The monoisotopic (exact) mass is 344 g/mol. The number of aliphatic hydroxyl groups excluding tert-OH is 1. The first-order valence-corrected chi connectivity index (χ1v) is 8.43. The van der Waals surface area contributed by atoms with Crippen LogP contribution < -0.4 is 10.1 Å². The Labute approximate surface area is 147 Å². The normalized spacial score (nSPS) is 14.8. The second-order valence-corrected chi connectivity index (χ2v) is 6.17. The molecule has 0 bridgehead atoms. The predicted octanol–water partition coefficient (Wildman–Crippen LogP) is 1.68. The minimum absolute atomic E-state index is 0.0500. The van der Waals surface area contributed by atoms with Crippen molar-refractivity contribution in [3.8, 4) is 5.75 Å². The Kier molecular flexibility index (Phi) is 5.23. The van der Waals surface area contributed by atoms with Gasteiger partial charge in [0, 0.05) is 37.6 Å². The van der Waals surface area contributed by atoms with Gasteiger partial charge in [-0.3, -0.25) is 0 Å². The molecule has 1 aliphatic rings. The summed E-state index contributed by atoms with van der Waals surface area (Å²) in [4.78, 5) is 18.9. The summed E-state index contributed by atoms with van der Waals surface area (Å²) < 4.78 is 7.35. The van der Waals surface area contributed by atoms with Crippen molar-refractivity contribution < 1.29 is 14.6 Å². The first kappa shape index (κ1) is 17.3. The summed E-state index contributed by atoms with van der Waals surface area (Å²) in [5, 5.41) is 12.3. The summed E-state index contributed by atoms with van der Waals surface area (Å²) in [6.07, 6.45) is 5.51.